The summed E-state index contributed by atoms with van der Waals surface area (Å²) in [7, 11) is 4.24. The largest absolute Gasteiger partial charge is 0.493 e. The minimum atomic E-state index is -4.42. The van der Waals surface area contributed by atoms with Crippen LogP contribution in [0.2, 0.25) is 0 Å². The summed E-state index contributed by atoms with van der Waals surface area (Å²) >= 11 is 0. The zero-order chi connectivity index (χ0) is 16.0. The second-order valence-corrected chi connectivity index (χ2v) is 4.20. The van der Waals surface area contributed by atoms with Crippen LogP contribution in [-0.2, 0) is 4.74 Å². The first-order valence-corrected chi connectivity index (χ1v) is 6.05. The van der Waals surface area contributed by atoms with Gasteiger partial charge >= 0.3 is 6.18 Å². The molecule has 0 fully saturated rings. The fourth-order valence-electron chi connectivity index (χ4n) is 1.76. The van der Waals surface area contributed by atoms with Crippen LogP contribution >= 0.6 is 0 Å². The number of nitrogens with one attached hydrogen (secondary N) is 1. The van der Waals surface area contributed by atoms with Gasteiger partial charge < -0.3 is 19.5 Å². The van der Waals surface area contributed by atoms with Gasteiger partial charge in [-0.1, -0.05) is 0 Å². The Kier molecular flexibility index (Phi) is 6.22. The number of benzene rings is 1. The Hall–Kier alpha value is -1.54. The second kappa shape index (κ2) is 7.46. The van der Waals surface area contributed by atoms with Crippen LogP contribution < -0.4 is 14.8 Å². The molecular weight excluding hydrogens is 294 g/mol. The van der Waals surface area contributed by atoms with E-state index in [2.05, 4.69) is 10.1 Å². The maximum absolute atomic E-state index is 14.0. The molecule has 0 spiro atoms. The molecule has 0 saturated carbocycles. The van der Waals surface area contributed by atoms with Gasteiger partial charge in [0.2, 0.25) is 0 Å². The maximum atomic E-state index is 14.0. The van der Waals surface area contributed by atoms with E-state index in [4.69, 9.17) is 9.47 Å². The molecule has 0 aliphatic carbocycles. The SMILES string of the molecule is CNC(COCC(F)(F)F)c1cc(OC)c(OC)cc1F. The van der Waals surface area contributed by atoms with E-state index < -0.39 is 24.6 Å². The van der Waals surface area contributed by atoms with Gasteiger partial charge in [-0.15, -0.1) is 0 Å². The quantitative estimate of drug-likeness (QED) is 0.786. The fourth-order valence-corrected chi connectivity index (χ4v) is 1.76. The third-order valence-electron chi connectivity index (χ3n) is 2.78. The van der Waals surface area contributed by atoms with Gasteiger partial charge in [-0.25, -0.2) is 4.39 Å². The Bertz CT molecular complexity index is 465. The summed E-state index contributed by atoms with van der Waals surface area (Å²) < 4.78 is 64.7. The van der Waals surface area contributed by atoms with E-state index in [0.29, 0.717) is 0 Å². The van der Waals surface area contributed by atoms with Crippen LogP contribution in [0.4, 0.5) is 17.6 Å². The number of ether oxygens (including phenoxy) is 3. The highest BCUT2D eigenvalue weighted by atomic mass is 19.4. The molecule has 1 rings (SSSR count). The summed E-state index contributed by atoms with van der Waals surface area (Å²) in [4.78, 5) is 0. The Balaban J connectivity index is 2.89. The molecular formula is C13H17F4NO3. The van der Waals surface area contributed by atoms with Gasteiger partial charge in [0.1, 0.15) is 12.4 Å². The van der Waals surface area contributed by atoms with E-state index in [1.54, 1.807) is 0 Å². The molecule has 0 amide bonds. The lowest BCUT2D eigenvalue weighted by molar-refractivity contribution is -0.175. The second-order valence-electron chi connectivity index (χ2n) is 4.20. The van der Waals surface area contributed by atoms with Crippen molar-refractivity contribution in [2.24, 2.45) is 0 Å². The first-order valence-electron chi connectivity index (χ1n) is 6.05. The molecule has 0 aliphatic heterocycles. The molecule has 21 heavy (non-hydrogen) atoms. The van der Waals surface area contributed by atoms with Crippen LogP contribution in [0.5, 0.6) is 11.5 Å². The lowest BCUT2D eigenvalue weighted by Crippen LogP contribution is -2.26. The van der Waals surface area contributed by atoms with E-state index in [0.717, 1.165) is 6.07 Å². The van der Waals surface area contributed by atoms with Crippen molar-refractivity contribution in [3.8, 4) is 11.5 Å². The molecule has 8 heteroatoms. The van der Waals surface area contributed by atoms with Gasteiger partial charge in [0.05, 0.1) is 26.9 Å². The molecule has 0 saturated heterocycles. The molecule has 1 aromatic carbocycles. The third kappa shape index (κ3) is 5.05. The Morgan fingerprint density at radius 1 is 1.14 bits per heavy atom. The van der Waals surface area contributed by atoms with E-state index >= 15 is 0 Å². The standard InChI is InChI=1S/C13H17F4NO3/c1-18-10(6-21-7-13(15,16)17)8-4-11(19-2)12(20-3)5-9(8)14/h4-5,10,18H,6-7H2,1-3H3. The highest BCUT2D eigenvalue weighted by Crippen LogP contribution is 2.32. The molecule has 0 aromatic heterocycles. The monoisotopic (exact) mass is 311 g/mol. The number of likely N-dealkylation sites (N-methyl/N-ethyl adjacent to an activating group) is 1. The summed E-state index contributed by atoms with van der Waals surface area (Å²) in [6.45, 7) is -1.72. The van der Waals surface area contributed by atoms with E-state index in [1.807, 2.05) is 0 Å². The molecule has 4 nitrogen and oxygen atoms in total. The van der Waals surface area contributed by atoms with Crippen LogP contribution in [0.15, 0.2) is 12.1 Å². The molecule has 0 heterocycles. The van der Waals surface area contributed by atoms with Crippen LogP contribution in [0.25, 0.3) is 0 Å². The zero-order valence-corrected chi connectivity index (χ0v) is 11.9. The van der Waals surface area contributed by atoms with Crippen LogP contribution in [-0.4, -0.2) is 40.7 Å². The van der Waals surface area contributed by atoms with Crippen molar-refractivity contribution >= 4 is 0 Å². The molecule has 1 N–H and O–H groups in total. The lowest BCUT2D eigenvalue weighted by atomic mass is 10.1. The first kappa shape index (κ1) is 17.5. The highest BCUT2D eigenvalue weighted by molar-refractivity contribution is 5.44. The molecule has 0 radical (unpaired) electrons. The summed E-state index contributed by atoms with van der Waals surface area (Å²) in [5, 5.41) is 2.71. The number of methoxy groups -OCH3 is 2. The number of alkyl halides is 3. The summed E-state index contributed by atoms with van der Waals surface area (Å²) in [6.07, 6.45) is -4.42. The number of hydrogen-bond donors (Lipinski definition) is 1. The third-order valence-corrected chi connectivity index (χ3v) is 2.78. The maximum Gasteiger partial charge on any atom is 0.411 e. The Morgan fingerprint density at radius 3 is 2.19 bits per heavy atom. The first-order chi connectivity index (χ1) is 9.82. The van der Waals surface area contributed by atoms with Crippen molar-refractivity contribution in [3.63, 3.8) is 0 Å². The molecule has 0 aliphatic rings. The fraction of sp³-hybridized carbons (Fsp3) is 0.538. The highest BCUT2D eigenvalue weighted by Gasteiger charge is 2.28. The number of rotatable bonds is 7. The molecule has 1 atom stereocenters. The van der Waals surface area contributed by atoms with E-state index in [1.165, 1.54) is 27.3 Å². The van der Waals surface area contributed by atoms with Gasteiger partial charge in [-0.2, -0.15) is 13.2 Å². The number of halogens is 4. The predicted molar refractivity (Wildman–Crippen MR) is 68.2 cm³/mol. The lowest BCUT2D eigenvalue weighted by Gasteiger charge is -2.19. The zero-order valence-electron chi connectivity index (χ0n) is 11.9. The minimum Gasteiger partial charge on any atom is -0.493 e. The van der Waals surface area contributed by atoms with Crippen molar-refractivity contribution in [1.29, 1.82) is 0 Å². The van der Waals surface area contributed by atoms with Gasteiger partial charge in [0.25, 0.3) is 0 Å². The van der Waals surface area contributed by atoms with Gasteiger partial charge in [-0.3, -0.25) is 0 Å². The number of hydrogen-bond acceptors (Lipinski definition) is 4. The average Bonchev–Trinajstić information content (AvgIpc) is 2.42. The smallest absolute Gasteiger partial charge is 0.411 e. The summed E-state index contributed by atoms with van der Waals surface area (Å²) in [5.74, 6) is -0.141. The summed E-state index contributed by atoms with van der Waals surface area (Å²) in [6, 6.07) is 1.74. The minimum absolute atomic E-state index is 0.136. The predicted octanol–water partition coefficient (Wildman–Crippen LogP) is 2.68. The molecule has 0 bridgehead atoms. The van der Waals surface area contributed by atoms with Crippen molar-refractivity contribution in [3.05, 3.63) is 23.5 Å². The van der Waals surface area contributed by atoms with Crippen molar-refractivity contribution < 1.29 is 31.8 Å². The molecule has 120 valence electrons. The summed E-state index contributed by atoms with van der Waals surface area (Å²) in [5.41, 5.74) is 0.136. The van der Waals surface area contributed by atoms with Crippen molar-refractivity contribution in [1.82, 2.24) is 5.32 Å². The Morgan fingerprint density at radius 2 is 1.71 bits per heavy atom. The van der Waals surface area contributed by atoms with Crippen molar-refractivity contribution in [2.75, 3.05) is 34.5 Å². The van der Waals surface area contributed by atoms with E-state index in [-0.39, 0.29) is 23.7 Å². The molecule has 1 aromatic rings. The van der Waals surface area contributed by atoms with Gasteiger partial charge in [0, 0.05) is 11.6 Å². The normalized spacial score (nSPS) is 13.1. The van der Waals surface area contributed by atoms with Crippen LogP contribution in [0.1, 0.15) is 11.6 Å². The van der Waals surface area contributed by atoms with Crippen molar-refractivity contribution in [2.45, 2.75) is 12.2 Å². The van der Waals surface area contributed by atoms with Gasteiger partial charge in [0.15, 0.2) is 11.5 Å². The van der Waals surface area contributed by atoms with E-state index in [9.17, 15) is 17.6 Å². The average molecular weight is 311 g/mol. The topological polar surface area (TPSA) is 39.7 Å². The molecule has 1 unspecified atom stereocenters. The Labute approximate surface area is 120 Å². The van der Waals surface area contributed by atoms with Gasteiger partial charge in [-0.05, 0) is 13.1 Å². The van der Waals surface area contributed by atoms with Crippen LogP contribution in [0.3, 0.4) is 0 Å². The van der Waals surface area contributed by atoms with Crippen LogP contribution in [0, 0.1) is 5.82 Å².